The Balaban J connectivity index is 2.07. The summed E-state index contributed by atoms with van der Waals surface area (Å²) in [5, 5.41) is 3.04. The number of aromatic nitrogens is 1. The highest BCUT2D eigenvalue weighted by Crippen LogP contribution is 2.34. The zero-order valence-electron chi connectivity index (χ0n) is 15.1. The largest absolute Gasteiger partial charge is 0.462 e. The number of carbonyl (C=O) groups excluding carboxylic acids is 3. The molecule has 0 radical (unpaired) electrons. The van der Waals surface area contributed by atoms with Gasteiger partial charge in [-0.15, -0.1) is 11.3 Å². The van der Waals surface area contributed by atoms with Crippen molar-refractivity contribution in [1.82, 2.24) is 4.98 Å². The summed E-state index contributed by atoms with van der Waals surface area (Å²) in [5.74, 6) is -1.69. The number of nitrogens with one attached hydrogen (secondary N) is 1. The maximum atomic E-state index is 12.3. The van der Waals surface area contributed by atoms with E-state index in [1.807, 2.05) is 13.8 Å². The number of rotatable bonds is 7. The van der Waals surface area contributed by atoms with Gasteiger partial charge >= 0.3 is 11.9 Å². The lowest BCUT2D eigenvalue weighted by Gasteiger charge is -2.08. The van der Waals surface area contributed by atoms with Crippen LogP contribution in [0.25, 0.3) is 0 Å². The number of halogens is 1. The minimum atomic E-state index is -0.666. The van der Waals surface area contributed by atoms with Crippen LogP contribution in [0.1, 0.15) is 45.0 Å². The number of esters is 2. The topological polar surface area (TPSA) is 94.6 Å². The Bertz CT molecular complexity index is 865. The minimum Gasteiger partial charge on any atom is -0.462 e. The number of thiophene rings is 1. The number of hydrogen-bond donors (Lipinski definition) is 1. The number of amides is 1. The van der Waals surface area contributed by atoms with Gasteiger partial charge in [-0.25, -0.2) is 9.59 Å². The Hall–Kier alpha value is -2.26. The highest BCUT2D eigenvalue weighted by atomic mass is 79.9. The van der Waals surface area contributed by atoms with Crippen molar-refractivity contribution in [3.8, 4) is 0 Å². The number of hydrogen-bond acceptors (Lipinski definition) is 7. The van der Waals surface area contributed by atoms with Gasteiger partial charge in [-0.3, -0.25) is 9.78 Å². The highest BCUT2D eigenvalue weighted by molar-refractivity contribution is 9.10. The van der Waals surface area contributed by atoms with Crippen molar-refractivity contribution >= 4 is 50.1 Å². The van der Waals surface area contributed by atoms with Crippen LogP contribution < -0.4 is 5.32 Å². The molecular formula is C18H19BrN2O5S. The number of anilines is 1. The smallest absolute Gasteiger partial charge is 0.341 e. The molecule has 0 bridgehead atoms. The second-order valence-corrected chi connectivity index (χ2v) is 7.57. The fraction of sp³-hybridized carbons (Fsp3) is 0.333. The fourth-order valence-electron chi connectivity index (χ4n) is 2.41. The predicted molar refractivity (Wildman–Crippen MR) is 105 cm³/mol. The molecule has 0 aliphatic rings. The van der Waals surface area contributed by atoms with E-state index < -0.39 is 24.5 Å². The van der Waals surface area contributed by atoms with Crippen LogP contribution in [0, 0.1) is 6.92 Å². The van der Waals surface area contributed by atoms with Crippen LogP contribution in [-0.4, -0.2) is 36.0 Å². The van der Waals surface area contributed by atoms with Crippen LogP contribution >= 0.6 is 27.3 Å². The molecule has 0 fully saturated rings. The van der Waals surface area contributed by atoms with Gasteiger partial charge in [0.05, 0.1) is 17.7 Å². The summed E-state index contributed by atoms with van der Waals surface area (Å²) < 4.78 is 10.7. The average molecular weight is 455 g/mol. The van der Waals surface area contributed by atoms with E-state index in [-0.39, 0.29) is 12.2 Å². The van der Waals surface area contributed by atoms with E-state index in [0.29, 0.717) is 21.5 Å². The normalized spacial score (nSPS) is 10.4. The van der Waals surface area contributed by atoms with Crippen LogP contribution in [0.5, 0.6) is 0 Å². The van der Waals surface area contributed by atoms with E-state index in [9.17, 15) is 14.4 Å². The van der Waals surface area contributed by atoms with Crippen LogP contribution in [0.4, 0.5) is 5.00 Å². The van der Waals surface area contributed by atoms with Crippen molar-refractivity contribution in [2.24, 2.45) is 0 Å². The average Bonchev–Trinajstić information content (AvgIpc) is 2.94. The van der Waals surface area contributed by atoms with Gasteiger partial charge in [0.2, 0.25) is 0 Å². The van der Waals surface area contributed by atoms with Crippen molar-refractivity contribution < 1.29 is 23.9 Å². The summed E-state index contributed by atoms with van der Waals surface area (Å²) in [6, 6.07) is 1.54. The molecule has 0 saturated heterocycles. The second kappa shape index (κ2) is 9.61. The molecule has 2 rings (SSSR count). The van der Waals surface area contributed by atoms with Gasteiger partial charge in [0.15, 0.2) is 6.61 Å². The Morgan fingerprint density at radius 1 is 1.19 bits per heavy atom. The van der Waals surface area contributed by atoms with E-state index in [1.54, 1.807) is 13.0 Å². The van der Waals surface area contributed by atoms with Gasteiger partial charge in [-0.05, 0) is 47.8 Å². The minimum absolute atomic E-state index is 0.227. The van der Waals surface area contributed by atoms with Crippen molar-refractivity contribution in [3.63, 3.8) is 0 Å². The van der Waals surface area contributed by atoms with Crippen LogP contribution in [0.2, 0.25) is 0 Å². The fourth-order valence-corrected chi connectivity index (χ4v) is 3.93. The van der Waals surface area contributed by atoms with Crippen molar-refractivity contribution in [3.05, 3.63) is 44.5 Å². The van der Waals surface area contributed by atoms with Gasteiger partial charge < -0.3 is 14.8 Å². The zero-order valence-corrected chi connectivity index (χ0v) is 17.5. The first-order valence-corrected chi connectivity index (χ1v) is 9.85. The maximum Gasteiger partial charge on any atom is 0.341 e. The molecule has 0 unspecified atom stereocenters. The molecule has 2 heterocycles. The van der Waals surface area contributed by atoms with Crippen LogP contribution in [-0.2, 0) is 20.7 Å². The molecule has 0 atom stereocenters. The standard InChI is InChI=1S/C18H19BrN2O5S/c1-4-13-10(3)27-16(15(13)18(24)25-5-2)21-14(22)9-26-17(23)11-6-12(19)8-20-7-11/h6-8H,4-5,9H2,1-3H3,(H,21,22). The molecule has 2 aromatic heterocycles. The number of pyridine rings is 1. The molecule has 2 aromatic rings. The lowest BCUT2D eigenvalue weighted by atomic mass is 10.1. The van der Waals surface area contributed by atoms with Gasteiger partial charge in [-0.1, -0.05) is 6.92 Å². The molecule has 0 aliphatic heterocycles. The zero-order chi connectivity index (χ0) is 20.0. The quantitative estimate of drug-likeness (QED) is 0.640. The summed E-state index contributed by atoms with van der Waals surface area (Å²) >= 11 is 4.50. The molecule has 1 amide bonds. The third kappa shape index (κ3) is 5.36. The van der Waals surface area contributed by atoms with Crippen molar-refractivity contribution in [1.29, 1.82) is 0 Å². The number of nitrogens with zero attached hydrogens (tertiary/aromatic N) is 1. The lowest BCUT2D eigenvalue weighted by Crippen LogP contribution is -2.22. The van der Waals surface area contributed by atoms with Gasteiger partial charge in [0, 0.05) is 21.7 Å². The van der Waals surface area contributed by atoms with Gasteiger partial charge in [0.25, 0.3) is 5.91 Å². The molecule has 144 valence electrons. The van der Waals surface area contributed by atoms with E-state index >= 15 is 0 Å². The maximum absolute atomic E-state index is 12.3. The molecule has 0 saturated carbocycles. The van der Waals surface area contributed by atoms with E-state index in [1.165, 1.54) is 23.7 Å². The molecule has 7 nitrogen and oxygen atoms in total. The number of aryl methyl sites for hydroxylation is 1. The van der Waals surface area contributed by atoms with Crippen molar-refractivity contribution in [2.45, 2.75) is 27.2 Å². The Kier molecular flexibility index (Phi) is 7.49. The van der Waals surface area contributed by atoms with E-state index in [2.05, 4.69) is 26.2 Å². The molecule has 0 aromatic carbocycles. The molecule has 27 heavy (non-hydrogen) atoms. The summed E-state index contributed by atoms with van der Waals surface area (Å²) in [7, 11) is 0. The molecule has 0 spiro atoms. The lowest BCUT2D eigenvalue weighted by molar-refractivity contribution is -0.119. The summed E-state index contributed by atoms with van der Waals surface area (Å²) in [5.41, 5.74) is 1.42. The van der Waals surface area contributed by atoms with Crippen LogP contribution in [0.15, 0.2) is 22.9 Å². The SMILES string of the molecule is CCOC(=O)c1c(NC(=O)COC(=O)c2cncc(Br)c2)sc(C)c1CC. The van der Waals surface area contributed by atoms with Gasteiger partial charge in [0.1, 0.15) is 5.00 Å². The van der Waals surface area contributed by atoms with Crippen LogP contribution in [0.3, 0.4) is 0 Å². The summed E-state index contributed by atoms with van der Waals surface area (Å²) in [6.45, 7) is 5.28. The first-order valence-electron chi connectivity index (χ1n) is 8.24. The van der Waals surface area contributed by atoms with Gasteiger partial charge in [-0.2, -0.15) is 0 Å². The monoisotopic (exact) mass is 454 g/mol. The molecule has 9 heteroatoms. The van der Waals surface area contributed by atoms with E-state index in [0.717, 1.165) is 10.4 Å². The second-order valence-electron chi connectivity index (χ2n) is 5.43. The van der Waals surface area contributed by atoms with Crippen molar-refractivity contribution in [2.75, 3.05) is 18.5 Å². The first kappa shape index (κ1) is 21.0. The summed E-state index contributed by atoms with van der Waals surface area (Å²) in [4.78, 5) is 41.2. The predicted octanol–water partition coefficient (Wildman–Crippen LogP) is 3.75. The molecule has 0 aliphatic carbocycles. The summed E-state index contributed by atoms with van der Waals surface area (Å²) in [6.07, 6.45) is 3.52. The first-order chi connectivity index (χ1) is 12.9. The Morgan fingerprint density at radius 2 is 1.93 bits per heavy atom. The molecular weight excluding hydrogens is 436 g/mol. The third-order valence-electron chi connectivity index (χ3n) is 3.57. The number of carbonyl (C=O) groups is 3. The Morgan fingerprint density at radius 3 is 2.56 bits per heavy atom. The van der Waals surface area contributed by atoms with E-state index in [4.69, 9.17) is 9.47 Å². The molecule has 1 N–H and O–H groups in total. The Labute approximate surface area is 169 Å². The highest BCUT2D eigenvalue weighted by Gasteiger charge is 2.23. The number of ether oxygens (including phenoxy) is 2. The third-order valence-corrected chi connectivity index (χ3v) is 5.07.